The van der Waals surface area contributed by atoms with Crippen LogP contribution in [0.4, 0.5) is 5.69 Å². The molecule has 2 fully saturated rings. The van der Waals surface area contributed by atoms with E-state index in [9.17, 15) is 13.2 Å². The molecule has 2 aromatic rings. The Hall–Kier alpha value is -2.34. The van der Waals surface area contributed by atoms with E-state index in [1.165, 1.54) is 29.8 Å². The van der Waals surface area contributed by atoms with Crippen molar-refractivity contribution in [2.75, 3.05) is 10.6 Å². The summed E-state index contributed by atoms with van der Waals surface area (Å²) in [7, 11) is -3.41. The minimum atomic E-state index is -3.41. The number of fused-ring (bicyclic) bond motifs is 2. The fourth-order valence-electron chi connectivity index (χ4n) is 4.59. The van der Waals surface area contributed by atoms with Gasteiger partial charge in [-0.2, -0.15) is 0 Å². The Morgan fingerprint density at radius 2 is 1.75 bits per heavy atom. The van der Waals surface area contributed by atoms with Gasteiger partial charge in [-0.3, -0.25) is 9.10 Å². The molecular formula is C22H26N2O3S. The Morgan fingerprint density at radius 3 is 2.32 bits per heavy atom. The number of rotatable bonds is 6. The highest BCUT2D eigenvalue weighted by molar-refractivity contribution is 7.92. The molecule has 0 radical (unpaired) electrons. The lowest BCUT2D eigenvalue weighted by atomic mass is 9.95. The average Bonchev–Trinajstić information content (AvgIpc) is 3.29. The van der Waals surface area contributed by atoms with Crippen molar-refractivity contribution in [3.63, 3.8) is 0 Å². The molecule has 6 heteroatoms. The first-order chi connectivity index (χ1) is 13.4. The highest BCUT2D eigenvalue weighted by atomic mass is 32.2. The smallest absolute Gasteiger partial charge is 0.251 e. The number of carbonyl (C=O) groups excluding carboxylic acids is 1. The van der Waals surface area contributed by atoms with E-state index in [4.69, 9.17) is 0 Å². The van der Waals surface area contributed by atoms with E-state index in [-0.39, 0.29) is 12.5 Å². The summed E-state index contributed by atoms with van der Waals surface area (Å²) in [5, 5.41) is 3.19. The molecule has 1 N–H and O–H groups in total. The van der Waals surface area contributed by atoms with Crippen molar-refractivity contribution >= 4 is 21.6 Å². The number of nitrogens with zero attached hydrogens (tertiary/aromatic N) is 1. The number of sulfonamides is 1. The van der Waals surface area contributed by atoms with Crippen LogP contribution < -0.4 is 9.62 Å². The summed E-state index contributed by atoms with van der Waals surface area (Å²) in [5.74, 6) is 1.40. The van der Waals surface area contributed by atoms with E-state index in [0.717, 1.165) is 17.9 Å². The second kappa shape index (κ2) is 7.59. The van der Waals surface area contributed by atoms with Crippen LogP contribution in [0.25, 0.3) is 0 Å². The van der Waals surface area contributed by atoms with Crippen LogP contribution in [-0.4, -0.2) is 26.6 Å². The van der Waals surface area contributed by atoms with Crippen molar-refractivity contribution < 1.29 is 13.2 Å². The Morgan fingerprint density at radius 1 is 1.04 bits per heavy atom. The van der Waals surface area contributed by atoms with Gasteiger partial charge >= 0.3 is 0 Å². The van der Waals surface area contributed by atoms with E-state index < -0.39 is 10.0 Å². The van der Waals surface area contributed by atoms with Gasteiger partial charge in [-0.1, -0.05) is 36.8 Å². The quantitative estimate of drug-likeness (QED) is 0.809. The van der Waals surface area contributed by atoms with Crippen molar-refractivity contribution in [1.82, 2.24) is 5.32 Å². The number of hydrogen-bond acceptors (Lipinski definition) is 3. The highest BCUT2D eigenvalue weighted by Gasteiger charge is 2.40. The topological polar surface area (TPSA) is 66.5 Å². The summed E-state index contributed by atoms with van der Waals surface area (Å²) in [4.78, 5) is 12.6. The van der Waals surface area contributed by atoms with Crippen LogP contribution in [0.5, 0.6) is 0 Å². The van der Waals surface area contributed by atoms with E-state index in [1.54, 1.807) is 24.3 Å². The molecule has 0 aromatic heterocycles. The summed E-state index contributed by atoms with van der Waals surface area (Å²) in [6, 6.07) is 16.6. The third-order valence-electron chi connectivity index (χ3n) is 6.04. The lowest BCUT2D eigenvalue weighted by Gasteiger charge is -2.23. The van der Waals surface area contributed by atoms with Gasteiger partial charge in [-0.15, -0.1) is 0 Å². The average molecular weight is 399 g/mol. The molecule has 1 amide bonds. The molecule has 148 valence electrons. The molecule has 0 heterocycles. The molecule has 2 aliphatic rings. The van der Waals surface area contributed by atoms with Gasteiger partial charge in [0.05, 0.1) is 18.5 Å². The van der Waals surface area contributed by atoms with Gasteiger partial charge in [0.25, 0.3) is 5.91 Å². The first kappa shape index (κ1) is 19.0. The molecule has 28 heavy (non-hydrogen) atoms. The Labute approximate surface area is 166 Å². The zero-order valence-electron chi connectivity index (χ0n) is 16.0. The maximum absolute atomic E-state index is 12.6. The van der Waals surface area contributed by atoms with Crippen LogP contribution >= 0.6 is 0 Å². The number of hydrogen-bond donors (Lipinski definition) is 1. The van der Waals surface area contributed by atoms with Gasteiger partial charge in [0.15, 0.2) is 0 Å². The van der Waals surface area contributed by atoms with Crippen LogP contribution in [0, 0.1) is 11.8 Å². The number of para-hydroxylation sites is 1. The van der Waals surface area contributed by atoms with Crippen molar-refractivity contribution in [3.05, 3.63) is 65.7 Å². The van der Waals surface area contributed by atoms with E-state index in [0.29, 0.717) is 23.2 Å². The maximum Gasteiger partial charge on any atom is 0.251 e. The second-order valence-corrected chi connectivity index (χ2v) is 9.96. The monoisotopic (exact) mass is 398 g/mol. The zero-order valence-corrected chi connectivity index (χ0v) is 16.9. The van der Waals surface area contributed by atoms with Crippen LogP contribution in [0.3, 0.4) is 0 Å². The Kier molecular flexibility index (Phi) is 5.15. The minimum Gasteiger partial charge on any atom is -0.349 e. The van der Waals surface area contributed by atoms with Gasteiger partial charge in [0.2, 0.25) is 10.0 Å². The molecule has 3 atom stereocenters. The van der Waals surface area contributed by atoms with Gasteiger partial charge in [-0.05, 0) is 60.9 Å². The SMILES string of the molecule is CS(=O)(=O)N(Cc1ccc(C(=O)N[C@@H]2C[C@H]3CC[C@@H]2C3)cc1)c1ccccc1. The Balaban J connectivity index is 1.44. The summed E-state index contributed by atoms with van der Waals surface area (Å²) in [5.41, 5.74) is 2.09. The molecule has 0 aliphatic heterocycles. The van der Waals surface area contributed by atoms with E-state index in [1.807, 2.05) is 30.3 Å². The molecule has 4 rings (SSSR count). The third-order valence-corrected chi connectivity index (χ3v) is 7.18. The minimum absolute atomic E-state index is 0.0351. The lowest BCUT2D eigenvalue weighted by molar-refractivity contribution is 0.0923. The van der Waals surface area contributed by atoms with E-state index in [2.05, 4.69) is 5.32 Å². The van der Waals surface area contributed by atoms with Crippen LogP contribution in [0.1, 0.15) is 41.6 Å². The molecule has 0 spiro atoms. The largest absolute Gasteiger partial charge is 0.349 e. The van der Waals surface area contributed by atoms with Gasteiger partial charge in [0, 0.05) is 11.6 Å². The number of amides is 1. The first-order valence-corrected chi connectivity index (χ1v) is 11.7. The number of benzene rings is 2. The van der Waals surface area contributed by atoms with Crippen LogP contribution in [0.15, 0.2) is 54.6 Å². The molecule has 5 nitrogen and oxygen atoms in total. The van der Waals surface area contributed by atoms with Gasteiger partial charge < -0.3 is 5.32 Å². The number of carbonyl (C=O) groups is 1. The van der Waals surface area contributed by atoms with E-state index >= 15 is 0 Å². The lowest BCUT2D eigenvalue weighted by Crippen LogP contribution is -2.38. The molecular weight excluding hydrogens is 372 g/mol. The molecule has 2 aliphatic carbocycles. The Bertz CT molecular complexity index is 942. The second-order valence-electron chi connectivity index (χ2n) is 8.06. The molecule has 2 aromatic carbocycles. The highest BCUT2D eigenvalue weighted by Crippen LogP contribution is 2.44. The van der Waals surface area contributed by atoms with Crippen LogP contribution in [-0.2, 0) is 16.6 Å². The van der Waals surface area contributed by atoms with Gasteiger partial charge in [0.1, 0.15) is 0 Å². The zero-order chi connectivity index (χ0) is 19.7. The fourth-order valence-corrected chi connectivity index (χ4v) is 5.48. The first-order valence-electron chi connectivity index (χ1n) is 9.83. The normalized spacial score (nSPS) is 23.5. The van der Waals surface area contributed by atoms with Crippen molar-refractivity contribution in [1.29, 1.82) is 0 Å². The predicted octanol–water partition coefficient (Wildman–Crippen LogP) is 3.57. The van der Waals surface area contributed by atoms with Crippen molar-refractivity contribution in [3.8, 4) is 0 Å². The predicted molar refractivity (Wildman–Crippen MR) is 111 cm³/mol. The molecule has 0 unspecified atom stereocenters. The summed E-state index contributed by atoms with van der Waals surface area (Å²) in [6.07, 6.45) is 6.11. The fraction of sp³-hybridized carbons (Fsp3) is 0.409. The van der Waals surface area contributed by atoms with Crippen LogP contribution in [0.2, 0.25) is 0 Å². The van der Waals surface area contributed by atoms with Gasteiger partial charge in [-0.25, -0.2) is 8.42 Å². The summed E-state index contributed by atoms with van der Waals surface area (Å²) >= 11 is 0. The third kappa shape index (κ3) is 4.07. The number of nitrogens with one attached hydrogen (secondary N) is 1. The standard InChI is InChI=1S/C22H26N2O3S/c1-28(26,27)24(20-5-3-2-4-6-20)15-16-7-10-18(11-8-16)22(25)23-21-14-17-9-12-19(21)13-17/h2-8,10-11,17,19,21H,9,12-15H2,1H3,(H,23,25)/t17-,19+,21+/m0/s1. The molecule has 0 saturated heterocycles. The van der Waals surface area contributed by atoms with Crippen molar-refractivity contribution in [2.45, 2.75) is 38.3 Å². The number of anilines is 1. The summed E-state index contributed by atoms with van der Waals surface area (Å²) in [6.45, 7) is 0.233. The summed E-state index contributed by atoms with van der Waals surface area (Å²) < 4.78 is 25.8. The van der Waals surface area contributed by atoms with Crippen molar-refractivity contribution in [2.24, 2.45) is 11.8 Å². The molecule has 2 saturated carbocycles. The maximum atomic E-state index is 12.6. The molecule has 2 bridgehead atoms.